The van der Waals surface area contributed by atoms with Gasteiger partial charge >= 0.3 is 0 Å². The molecule has 0 aliphatic rings. The molecule has 0 bridgehead atoms. The van der Waals surface area contributed by atoms with Crippen LogP contribution in [0.5, 0.6) is 11.5 Å². The molecular weight excluding hydrogens is 254 g/mol. The van der Waals surface area contributed by atoms with Crippen molar-refractivity contribution in [3.63, 3.8) is 0 Å². The molecule has 108 valence electrons. The third kappa shape index (κ3) is 3.33. The van der Waals surface area contributed by atoms with Gasteiger partial charge in [0.2, 0.25) is 0 Å². The van der Waals surface area contributed by atoms with E-state index >= 15 is 0 Å². The first-order chi connectivity index (χ1) is 9.78. The van der Waals surface area contributed by atoms with E-state index in [9.17, 15) is 0 Å². The third-order valence-electron chi connectivity index (χ3n) is 2.84. The molecule has 1 aromatic heterocycles. The minimum atomic E-state index is 0.604. The lowest BCUT2D eigenvalue weighted by Gasteiger charge is -2.11. The van der Waals surface area contributed by atoms with E-state index in [1.54, 1.807) is 0 Å². The van der Waals surface area contributed by atoms with Gasteiger partial charge in [-0.3, -0.25) is 0 Å². The summed E-state index contributed by atoms with van der Waals surface area (Å²) in [6, 6.07) is 9.80. The van der Waals surface area contributed by atoms with Crippen molar-refractivity contribution in [1.82, 2.24) is 5.32 Å². The molecule has 2 rings (SSSR count). The normalized spacial score (nSPS) is 10.6. The second-order valence-electron chi connectivity index (χ2n) is 4.32. The Balaban J connectivity index is 2.28. The Labute approximate surface area is 119 Å². The maximum absolute atomic E-state index is 5.78. The Morgan fingerprint density at radius 3 is 2.45 bits per heavy atom. The fraction of sp³-hybridized carbons (Fsp3) is 0.375. The van der Waals surface area contributed by atoms with E-state index < -0.39 is 0 Å². The molecule has 0 aliphatic carbocycles. The maximum atomic E-state index is 5.78. The van der Waals surface area contributed by atoms with Crippen LogP contribution in [0, 0.1) is 0 Å². The summed E-state index contributed by atoms with van der Waals surface area (Å²) in [5, 5.41) is 3.07. The van der Waals surface area contributed by atoms with Crippen molar-refractivity contribution in [2.24, 2.45) is 0 Å². The molecule has 4 heteroatoms. The quantitative estimate of drug-likeness (QED) is 0.840. The third-order valence-corrected chi connectivity index (χ3v) is 2.84. The second-order valence-corrected chi connectivity index (χ2v) is 4.32. The molecule has 0 amide bonds. The molecule has 0 spiro atoms. The summed E-state index contributed by atoms with van der Waals surface area (Å²) < 4.78 is 17.0. The highest BCUT2D eigenvalue weighted by Crippen LogP contribution is 2.33. The smallest absolute Gasteiger partial charge is 0.161 e. The van der Waals surface area contributed by atoms with Crippen LogP contribution in [0.1, 0.15) is 19.6 Å². The van der Waals surface area contributed by atoms with E-state index in [0.717, 1.165) is 35.1 Å². The van der Waals surface area contributed by atoms with Crippen molar-refractivity contribution < 1.29 is 13.9 Å². The summed E-state index contributed by atoms with van der Waals surface area (Å²) in [7, 11) is 1.90. The van der Waals surface area contributed by atoms with Crippen LogP contribution in [0.4, 0.5) is 0 Å². The molecular formula is C16H21NO3. The first-order valence-corrected chi connectivity index (χ1v) is 6.91. The van der Waals surface area contributed by atoms with Gasteiger partial charge in [0.25, 0.3) is 0 Å². The minimum absolute atomic E-state index is 0.604. The number of nitrogens with one attached hydrogen (secondary N) is 1. The zero-order valence-electron chi connectivity index (χ0n) is 12.2. The zero-order valence-corrected chi connectivity index (χ0v) is 12.2. The van der Waals surface area contributed by atoms with Crippen LogP contribution in [0.15, 0.2) is 34.7 Å². The lowest BCUT2D eigenvalue weighted by molar-refractivity contribution is 0.288. The van der Waals surface area contributed by atoms with Crippen molar-refractivity contribution in [1.29, 1.82) is 0 Å². The molecule has 0 atom stereocenters. The first kappa shape index (κ1) is 14.5. The first-order valence-electron chi connectivity index (χ1n) is 6.91. The van der Waals surface area contributed by atoms with E-state index in [2.05, 4.69) is 5.32 Å². The van der Waals surface area contributed by atoms with Gasteiger partial charge in [0.15, 0.2) is 11.5 Å². The lowest BCUT2D eigenvalue weighted by Crippen LogP contribution is -2.03. The number of hydrogen-bond donors (Lipinski definition) is 1. The number of benzene rings is 1. The highest BCUT2D eigenvalue weighted by molar-refractivity contribution is 5.63. The van der Waals surface area contributed by atoms with Crippen LogP contribution in [-0.4, -0.2) is 20.3 Å². The van der Waals surface area contributed by atoms with E-state index in [1.165, 1.54) is 0 Å². The summed E-state index contributed by atoms with van der Waals surface area (Å²) in [5.74, 6) is 3.26. The van der Waals surface area contributed by atoms with E-state index in [0.29, 0.717) is 13.2 Å². The van der Waals surface area contributed by atoms with Crippen molar-refractivity contribution >= 4 is 0 Å². The monoisotopic (exact) mass is 275 g/mol. The van der Waals surface area contributed by atoms with E-state index in [-0.39, 0.29) is 0 Å². The van der Waals surface area contributed by atoms with Crippen LogP contribution in [0.25, 0.3) is 11.3 Å². The Morgan fingerprint density at radius 1 is 1.00 bits per heavy atom. The maximum Gasteiger partial charge on any atom is 0.161 e. The van der Waals surface area contributed by atoms with Gasteiger partial charge in [0.05, 0.1) is 19.8 Å². The molecule has 0 saturated carbocycles. The number of furan rings is 1. The van der Waals surface area contributed by atoms with Crippen molar-refractivity contribution in [3.05, 3.63) is 36.1 Å². The van der Waals surface area contributed by atoms with Gasteiger partial charge < -0.3 is 19.2 Å². The molecule has 0 fully saturated rings. The molecule has 20 heavy (non-hydrogen) atoms. The molecule has 0 aliphatic heterocycles. The fourth-order valence-electron chi connectivity index (χ4n) is 2.01. The van der Waals surface area contributed by atoms with Gasteiger partial charge in [0, 0.05) is 5.56 Å². The highest BCUT2D eigenvalue weighted by Gasteiger charge is 2.10. The highest BCUT2D eigenvalue weighted by atomic mass is 16.5. The minimum Gasteiger partial charge on any atom is -0.490 e. The summed E-state index contributed by atoms with van der Waals surface area (Å²) in [6.07, 6.45) is 0. The summed E-state index contributed by atoms with van der Waals surface area (Å²) in [5.41, 5.74) is 0.985. The van der Waals surface area contributed by atoms with E-state index in [4.69, 9.17) is 13.9 Å². The second kappa shape index (κ2) is 7.01. The Hall–Kier alpha value is -1.94. The Kier molecular flexibility index (Phi) is 5.07. The van der Waals surface area contributed by atoms with Gasteiger partial charge in [-0.1, -0.05) is 0 Å². The van der Waals surface area contributed by atoms with Crippen molar-refractivity contribution in [2.75, 3.05) is 20.3 Å². The van der Waals surface area contributed by atoms with Crippen LogP contribution < -0.4 is 14.8 Å². The van der Waals surface area contributed by atoms with Crippen molar-refractivity contribution in [3.8, 4) is 22.8 Å². The average Bonchev–Trinajstić information content (AvgIpc) is 2.90. The molecule has 1 N–H and O–H groups in total. The molecule has 1 aromatic carbocycles. The van der Waals surface area contributed by atoms with Crippen molar-refractivity contribution in [2.45, 2.75) is 20.4 Å². The molecule has 0 saturated heterocycles. The van der Waals surface area contributed by atoms with Gasteiger partial charge in [-0.2, -0.15) is 0 Å². The van der Waals surface area contributed by atoms with Crippen LogP contribution >= 0.6 is 0 Å². The largest absolute Gasteiger partial charge is 0.490 e. The Morgan fingerprint density at radius 2 is 1.75 bits per heavy atom. The Bertz CT molecular complexity index is 548. The van der Waals surface area contributed by atoms with Crippen LogP contribution in [-0.2, 0) is 6.54 Å². The molecule has 2 aromatic rings. The summed E-state index contributed by atoms with van der Waals surface area (Å²) in [6.45, 7) is 5.86. The number of ether oxygens (including phenoxy) is 2. The summed E-state index contributed by atoms with van der Waals surface area (Å²) in [4.78, 5) is 0. The standard InChI is InChI=1S/C16H21NO3/c1-4-18-15-8-6-12(10-16(15)19-5-2)14-9-7-13(20-14)11-17-3/h6-10,17H,4-5,11H2,1-3H3. The van der Waals surface area contributed by atoms with E-state index in [1.807, 2.05) is 51.2 Å². The molecule has 0 unspecified atom stereocenters. The lowest BCUT2D eigenvalue weighted by atomic mass is 10.1. The van der Waals surface area contributed by atoms with Gasteiger partial charge in [0.1, 0.15) is 11.5 Å². The van der Waals surface area contributed by atoms with Crippen LogP contribution in [0.2, 0.25) is 0 Å². The van der Waals surface area contributed by atoms with Gasteiger partial charge in [-0.15, -0.1) is 0 Å². The number of rotatable bonds is 7. The zero-order chi connectivity index (χ0) is 14.4. The molecule has 0 radical (unpaired) electrons. The fourth-order valence-corrected chi connectivity index (χ4v) is 2.01. The topological polar surface area (TPSA) is 43.6 Å². The average molecular weight is 275 g/mol. The molecule has 1 heterocycles. The predicted octanol–water partition coefficient (Wildman–Crippen LogP) is 3.46. The van der Waals surface area contributed by atoms with Gasteiger partial charge in [-0.25, -0.2) is 0 Å². The SMILES string of the molecule is CCOc1ccc(-c2ccc(CNC)o2)cc1OCC. The van der Waals surface area contributed by atoms with Crippen LogP contribution in [0.3, 0.4) is 0 Å². The predicted molar refractivity (Wildman–Crippen MR) is 79.2 cm³/mol. The number of hydrogen-bond acceptors (Lipinski definition) is 4. The summed E-state index contributed by atoms with van der Waals surface area (Å²) >= 11 is 0. The van der Waals surface area contributed by atoms with Gasteiger partial charge in [-0.05, 0) is 51.2 Å². The molecule has 4 nitrogen and oxygen atoms in total.